The zero-order chi connectivity index (χ0) is 15.4. The van der Waals surface area contributed by atoms with Gasteiger partial charge in [0.2, 0.25) is 10.0 Å². The maximum absolute atomic E-state index is 12.1. The molecule has 1 fully saturated rings. The first-order valence-electron chi connectivity index (χ1n) is 7.56. The molecule has 0 spiro atoms. The lowest BCUT2D eigenvalue weighted by atomic mass is 10.1. The van der Waals surface area contributed by atoms with E-state index in [-0.39, 0.29) is 11.9 Å². The number of nitrogens with one attached hydrogen (secondary N) is 1. The van der Waals surface area contributed by atoms with Crippen molar-refractivity contribution >= 4 is 31.6 Å². The third kappa shape index (κ3) is 4.25. The van der Waals surface area contributed by atoms with Gasteiger partial charge in [-0.25, -0.2) is 18.1 Å². The molecule has 5 nitrogen and oxygen atoms in total. The molecular formula is C15H20N2O3S2. The minimum atomic E-state index is -3.28. The Labute approximate surface area is 134 Å². The maximum atomic E-state index is 12.1. The molecule has 3 rings (SSSR count). The van der Waals surface area contributed by atoms with Crippen molar-refractivity contribution < 1.29 is 13.2 Å². The van der Waals surface area contributed by atoms with Crippen molar-refractivity contribution in [3.8, 4) is 0 Å². The largest absolute Gasteiger partial charge is 0.377 e. The van der Waals surface area contributed by atoms with Gasteiger partial charge < -0.3 is 4.74 Å². The van der Waals surface area contributed by atoms with Crippen molar-refractivity contribution in [3.63, 3.8) is 0 Å². The first-order valence-corrected chi connectivity index (χ1v) is 10.0. The van der Waals surface area contributed by atoms with E-state index < -0.39 is 10.0 Å². The number of ether oxygens (including phenoxy) is 1. The molecule has 0 unspecified atom stereocenters. The van der Waals surface area contributed by atoms with Crippen LogP contribution in [0.4, 0.5) is 0 Å². The number of aromatic nitrogens is 1. The fraction of sp³-hybridized carbons (Fsp3) is 0.533. The molecule has 1 aliphatic rings. The Bertz CT molecular complexity index is 688. The Balaban J connectivity index is 1.50. The van der Waals surface area contributed by atoms with Gasteiger partial charge >= 0.3 is 0 Å². The molecule has 2 aromatic rings. The highest BCUT2D eigenvalue weighted by Crippen LogP contribution is 2.21. The highest BCUT2D eigenvalue weighted by atomic mass is 32.2. The van der Waals surface area contributed by atoms with Crippen LogP contribution in [0.1, 0.15) is 24.3 Å². The summed E-state index contributed by atoms with van der Waals surface area (Å²) in [5.74, 6) is 0.0623. The van der Waals surface area contributed by atoms with E-state index >= 15 is 0 Å². The highest BCUT2D eigenvalue weighted by Gasteiger charge is 2.21. The van der Waals surface area contributed by atoms with Crippen LogP contribution in [-0.4, -0.2) is 38.4 Å². The average Bonchev–Trinajstić information content (AvgIpc) is 2.90. The number of thiazole rings is 1. The number of hydrogen-bond acceptors (Lipinski definition) is 5. The standard InChI is InChI=1S/C15H20N2O3S2/c18-22(19,11-12-5-3-4-10-20-12)16-9-8-15-17-13-6-1-2-7-14(13)21-15/h1-2,6-7,12,16H,3-5,8-11H2/t12-/m1/s1. The van der Waals surface area contributed by atoms with Crippen LogP contribution in [0.25, 0.3) is 10.2 Å². The third-order valence-corrected chi connectivity index (χ3v) is 6.23. The zero-order valence-corrected chi connectivity index (χ0v) is 14.0. The number of sulfonamides is 1. The average molecular weight is 340 g/mol. The molecule has 1 atom stereocenters. The van der Waals surface area contributed by atoms with E-state index in [4.69, 9.17) is 4.74 Å². The van der Waals surface area contributed by atoms with Crippen LogP contribution in [0, 0.1) is 0 Å². The minimum Gasteiger partial charge on any atom is -0.377 e. The number of fused-ring (bicyclic) bond motifs is 1. The Morgan fingerprint density at radius 1 is 1.32 bits per heavy atom. The normalized spacial score (nSPS) is 19.5. The number of nitrogens with zero attached hydrogens (tertiary/aromatic N) is 1. The van der Waals surface area contributed by atoms with E-state index in [0.717, 1.165) is 34.5 Å². The predicted octanol–water partition coefficient (Wildman–Crippen LogP) is 2.33. The predicted molar refractivity (Wildman–Crippen MR) is 88.7 cm³/mol. The van der Waals surface area contributed by atoms with E-state index in [9.17, 15) is 8.42 Å². The molecule has 0 saturated carbocycles. The Hall–Kier alpha value is -1.02. The van der Waals surface area contributed by atoms with Crippen molar-refractivity contribution in [3.05, 3.63) is 29.3 Å². The Morgan fingerprint density at radius 3 is 2.95 bits per heavy atom. The van der Waals surface area contributed by atoms with E-state index in [0.29, 0.717) is 19.6 Å². The quantitative estimate of drug-likeness (QED) is 0.876. The molecule has 7 heteroatoms. The van der Waals surface area contributed by atoms with Gasteiger partial charge in [-0.1, -0.05) is 12.1 Å². The molecule has 0 radical (unpaired) electrons. The van der Waals surface area contributed by atoms with Crippen LogP contribution >= 0.6 is 11.3 Å². The van der Waals surface area contributed by atoms with Crippen LogP contribution in [0.15, 0.2) is 24.3 Å². The Morgan fingerprint density at radius 2 is 2.18 bits per heavy atom. The molecule has 0 bridgehead atoms. The lowest BCUT2D eigenvalue weighted by molar-refractivity contribution is 0.0304. The number of rotatable bonds is 6. The van der Waals surface area contributed by atoms with Gasteiger partial charge in [-0.2, -0.15) is 0 Å². The summed E-state index contributed by atoms with van der Waals surface area (Å²) in [7, 11) is -3.28. The molecule has 0 amide bonds. The summed E-state index contributed by atoms with van der Waals surface area (Å²) in [5.41, 5.74) is 0.973. The van der Waals surface area contributed by atoms with Gasteiger partial charge in [-0.05, 0) is 31.4 Å². The van der Waals surface area contributed by atoms with Gasteiger partial charge in [-0.3, -0.25) is 0 Å². The lowest BCUT2D eigenvalue weighted by Crippen LogP contribution is -2.35. The molecule has 22 heavy (non-hydrogen) atoms. The molecule has 2 heterocycles. The summed E-state index contributed by atoms with van der Waals surface area (Å²) in [6.07, 6.45) is 3.37. The third-order valence-electron chi connectivity index (χ3n) is 3.68. The van der Waals surface area contributed by atoms with Gasteiger partial charge in [0.1, 0.15) is 0 Å². The molecule has 1 aliphatic heterocycles. The van der Waals surface area contributed by atoms with Crippen LogP contribution in [0.5, 0.6) is 0 Å². The van der Waals surface area contributed by atoms with Crippen molar-refractivity contribution in [1.82, 2.24) is 9.71 Å². The van der Waals surface area contributed by atoms with E-state index in [2.05, 4.69) is 9.71 Å². The van der Waals surface area contributed by atoms with Crippen molar-refractivity contribution in [2.24, 2.45) is 0 Å². The molecule has 120 valence electrons. The van der Waals surface area contributed by atoms with Crippen LogP contribution in [-0.2, 0) is 21.2 Å². The van der Waals surface area contributed by atoms with Gasteiger partial charge in [0.15, 0.2) is 0 Å². The van der Waals surface area contributed by atoms with E-state index in [1.165, 1.54) is 0 Å². The maximum Gasteiger partial charge on any atom is 0.214 e. The van der Waals surface area contributed by atoms with E-state index in [1.54, 1.807) is 11.3 Å². The topological polar surface area (TPSA) is 68.3 Å². The molecule has 1 saturated heterocycles. The number of benzene rings is 1. The van der Waals surface area contributed by atoms with Crippen molar-refractivity contribution in [2.45, 2.75) is 31.8 Å². The second kappa shape index (κ2) is 7.04. The number of para-hydroxylation sites is 1. The van der Waals surface area contributed by atoms with Gasteiger partial charge in [0.05, 0.1) is 27.1 Å². The van der Waals surface area contributed by atoms with Gasteiger partial charge in [0.25, 0.3) is 0 Å². The van der Waals surface area contributed by atoms with Gasteiger partial charge in [0, 0.05) is 19.6 Å². The minimum absolute atomic E-state index is 0.0623. The lowest BCUT2D eigenvalue weighted by Gasteiger charge is -2.22. The van der Waals surface area contributed by atoms with Crippen LogP contribution in [0.3, 0.4) is 0 Å². The van der Waals surface area contributed by atoms with Crippen molar-refractivity contribution in [2.75, 3.05) is 18.9 Å². The smallest absolute Gasteiger partial charge is 0.214 e. The molecular weight excluding hydrogens is 320 g/mol. The van der Waals surface area contributed by atoms with Crippen LogP contribution in [0.2, 0.25) is 0 Å². The fourth-order valence-corrected chi connectivity index (χ4v) is 4.83. The second-order valence-electron chi connectivity index (χ2n) is 5.49. The van der Waals surface area contributed by atoms with Gasteiger partial charge in [-0.15, -0.1) is 11.3 Å². The molecule has 1 aromatic carbocycles. The summed E-state index contributed by atoms with van der Waals surface area (Å²) in [6, 6.07) is 7.94. The summed E-state index contributed by atoms with van der Waals surface area (Å²) in [5, 5.41) is 0.956. The second-order valence-corrected chi connectivity index (χ2v) is 8.46. The molecule has 1 aromatic heterocycles. The van der Waals surface area contributed by atoms with Crippen molar-refractivity contribution in [1.29, 1.82) is 0 Å². The fourth-order valence-electron chi connectivity index (χ4n) is 2.58. The zero-order valence-electron chi connectivity index (χ0n) is 12.3. The summed E-state index contributed by atoms with van der Waals surface area (Å²) < 4.78 is 33.4. The first-order chi connectivity index (χ1) is 10.6. The molecule has 1 N–H and O–H groups in total. The summed E-state index contributed by atoms with van der Waals surface area (Å²) in [4.78, 5) is 4.51. The van der Waals surface area contributed by atoms with E-state index in [1.807, 2.05) is 24.3 Å². The SMILES string of the molecule is O=S(=O)(C[C@H]1CCCCO1)NCCc1nc2ccccc2s1. The monoisotopic (exact) mass is 340 g/mol. The number of hydrogen-bond donors (Lipinski definition) is 1. The summed E-state index contributed by atoms with van der Waals surface area (Å²) >= 11 is 1.61. The Kier molecular flexibility index (Phi) is 5.07. The first kappa shape index (κ1) is 15.9. The molecule has 0 aliphatic carbocycles. The summed E-state index contributed by atoms with van der Waals surface area (Å²) in [6.45, 7) is 1.06. The highest BCUT2D eigenvalue weighted by molar-refractivity contribution is 7.89. The van der Waals surface area contributed by atoms with Crippen LogP contribution < -0.4 is 4.72 Å².